The van der Waals surface area contributed by atoms with Gasteiger partial charge in [0.1, 0.15) is 0 Å². The molecule has 94 valence electrons. The Morgan fingerprint density at radius 3 is 2.61 bits per heavy atom. The standard InChI is InChI=1S/C13H12INO3/c14-11-4-2-1-3-10(11)12(16)15-9-6-5-8(7-9)13(17)18/h1-6,8-9H,7H2,(H,15,16)(H,17,18). The summed E-state index contributed by atoms with van der Waals surface area (Å²) in [5.74, 6) is -1.51. The van der Waals surface area contributed by atoms with E-state index in [1.807, 2.05) is 18.2 Å². The molecule has 1 aliphatic carbocycles. The molecule has 0 aromatic heterocycles. The maximum atomic E-state index is 12.0. The van der Waals surface area contributed by atoms with Gasteiger partial charge in [0.2, 0.25) is 0 Å². The van der Waals surface area contributed by atoms with Crippen LogP contribution >= 0.6 is 22.6 Å². The third kappa shape index (κ3) is 2.90. The fourth-order valence-corrected chi connectivity index (χ4v) is 2.51. The van der Waals surface area contributed by atoms with Gasteiger partial charge in [-0.05, 0) is 41.1 Å². The summed E-state index contributed by atoms with van der Waals surface area (Å²) in [5.41, 5.74) is 0.616. The van der Waals surface area contributed by atoms with Crippen molar-refractivity contribution in [1.82, 2.24) is 5.32 Å². The van der Waals surface area contributed by atoms with Crippen molar-refractivity contribution in [2.45, 2.75) is 12.5 Å². The van der Waals surface area contributed by atoms with E-state index in [1.165, 1.54) is 0 Å². The second-order valence-corrected chi connectivity index (χ2v) is 5.29. The summed E-state index contributed by atoms with van der Waals surface area (Å²) in [4.78, 5) is 22.8. The molecule has 1 aliphatic rings. The van der Waals surface area contributed by atoms with Gasteiger partial charge in [0, 0.05) is 9.61 Å². The van der Waals surface area contributed by atoms with Crippen LogP contribution in [0.4, 0.5) is 0 Å². The molecule has 0 saturated carbocycles. The van der Waals surface area contributed by atoms with Crippen LogP contribution in [0.1, 0.15) is 16.8 Å². The molecule has 2 atom stereocenters. The maximum Gasteiger partial charge on any atom is 0.310 e. The van der Waals surface area contributed by atoms with Gasteiger partial charge in [-0.15, -0.1) is 0 Å². The Kier molecular flexibility index (Phi) is 4.00. The third-order valence-electron chi connectivity index (χ3n) is 2.84. The minimum Gasteiger partial charge on any atom is -0.481 e. The van der Waals surface area contributed by atoms with E-state index in [1.54, 1.807) is 18.2 Å². The van der Waals surface area contributed by atoms with Crippen molar-refractivity contribution >= 4 is 34.5 Å². The van der Waals surface area contributed by atoms with Crippen LogP contribution in [0.3, 0.4) is 0 Å². The van der Waals surface area contributed by atoms with Crippen LogP contribution in [0.5, 0.6) is 0 Å². The molecule has 5 heteroatoms. The molecule has 4 nitrogen and oxygen atoms in total. The van der Waals surface area contributed by atoms with Crippen LogP contribution in [-0.2, 0) is 4.79 Å². The number of hydrogen-bond donors (Lipinski definition) is 2. The molecular formula is C13H12INO3. The van der Waals surface area contributed by atoms with Gasteiger partial charge in [-0.2, -0.15) is 0 Å². The zero-order valence-electron chi connectivity index (χ0n) is 9.47. The summed E-state index contributed by atoms with van der Waals surface area (Å²) in [7, 11) is 0. The van der Waals surface area contributed by atoms with Gasteiger partial charge in [0.05, 0.1) is 11.5 Å². The normalized spacial score (nSPS) is 21.8. The number of carboxylic acid groups (broad SMARTS) is 1. The smallest absolute Gasteiger partial charge is 0.310 e. The molecule has 0 radical (unpaired) electrons. The third-order valence-corrected chi connectivity index (χ3v) is 3.78. The molecule has 1 amide bonds. The molecule has 18 heavy (non-hydrogen) atoms. The largest absolute Gasteiger partial charge is 0.481 e. The lowest BCUT2D eigenvalue weighted by Crippen LogP contribution is -2.33. The van der Waals surface area contributed by atoms with Crippen molar-refractivity contribution in [1.29, 1.82) is 0 Å². The van der Waals surface area contributed by atoms with Crippen molar-refractivity contribution in [2.75, 3.05) is 0 Å². The Morgan fingerprint density at radius 1 is 1.28 bits per heavy atom. The summed E-state index contributed by atoms with van der Waals surface area (Å²) in [6.45, 7) is 0. The van der Waals surface area contributed by atoms with E-state index in [9.17, 15) is 9.59 Å². The SMILES string of the molecule is O=C(NC1C=CC(C(=O)O)C1)c1ccccc1I. The Morgan fingerprint density at radius 2 is 2.00 bits per heavy atom. The second kappa shape index (κ2) is 5.51. The van der Waals surface area contributed by atoms with Crippen molar-refractivity contribution in [2.24, 2.45) is 5.92 Å². The average molecular weight is 357 g/mol. The lowest BCUT2D eigenvalue weighted by atomic mass is 10.1. The highest BCUT2D eigenvalue weighted by atomic mass is 127. The predicted octanol–water partition coefficient (Wildman–Crippen LogP) is 2.05. The zero-order chi connectivity index (χ0) is 13.1. The van der Waals surface area contributed by atoms with Gasteiger partial charge >= 0.3 is 5.97 Å². The van der Waals surface area contributed by atoms with Crippen LogP contribution in [-0.4, -0.2) is 23.0 Å². The summed E-state index contributed by atoms with van der Waals surface area (Å²) >= 11 is 2.10. The van der Waals surface area contributed by atoms with Gasteiger partial charge in [0.15, 0.2) is 0 Å². The monoisotopic (exact) mass is 357 g/mol. The van der Waals surface area contributed by atoms with Gasteiger partial charge in [-0.25, -0.2) is 0 Å². The number of benzene rings is 1. The predicted molar refractivity (Wildman–Crippen MR) is 75.3 cm³/mol. The number of rotatable bonds is 3. The van der Waals surface area contributed by atoms with E-state index in [4.69, 9.17) is 5.11 Å². The van der Waals surface area contributed by atoms with Crippen LogP contribution < -0.4 is 5.32 Å². The Bertz CT molecular complexity index is 513. The molecule has 0 fully saturated rings. The van der Waals surface area contributed by atoms with Crippen LogP contribution in [0.2, 0.25) is 0 Å². The van der Waals surface area contributed by atoms with E-state index in [0.29, 0.717) is 12.0 Å². The van der Waals surface area contributed by atoms with E-state index >= 15 is 0 Å². The molecule has 2 N–H and O–H groups in total. The fourth-order valence-electron chi connectivity index (χ4n) is 1.88. The van der Waals surface area contributed by atoms with Crippen molar-refractivity contribution in [3.63, 3.8) is 0 Å². The average Bonchev–Trinajstić information content (AvgIpc) is 2.78. The quantitative estimate of drug-likeness (QED) is 0.643. The van der Waals surface area contributed by atoms with Crippen molar-refractivity contribution < 1.29 is 14.7 Å². The number of halogens is 1. The first kappa shape index (κ1) is 13.1. The number of hydrogen-bond acceptors (Lipinski definition) is 2. The second-order valence-electron chi connectivity index (χ2n) is 4.13. The molecule has 0 spiro atoms. The van der Waals surface area contributed by atoms with Gasteiger partial charge in [0.25, 0.3) is 5.91 Å². The van der Waals surface area contributed by atoms with E-state index in [2.05, 4.69) is 27.9 Å². The zero-order valence-corrected chi connectivity index (χ0v) is 11.6. The Balaban J connectivity index is 2.00. The number of carboxylic acids is 1. The summed E-state index contributed by atoms with van der Waals surface area (Å²) in [5, 5.41) is 11.7. The lowest BCUT2D eigenvalue weighted by Gasteiger charge is -2.12. The molecule has 0 bridgehead atoms. The molecule has 2 unspecified atom stereocenters. The first-order valence-electron chi connectivity index (χ1n) is 5.54. The van der Waals surface area contributed by atoms with Gasteiger partial charge < -0.3 is 10.4 Å². The van der Waals surface area contributed by atoms with Gasteiger partial charge in [-0.1, -0.05) is 24.3 Å². The first-order chi connectivity index (χ1) is 8.58. The van der Waals surface area contributed by atoms with Crippen molar-refractivity contribution in [3.8, 4) is 0 Å². The molecule has 0 heterocycles. The molecule has 0 saturated heterocycles. The van der Waals surface area contributed by atoms with E-state index < -0.39 is 11.9 Å². The van der Waals surface area contributed by atoms with Crippen molar-refractivity contribution in [3.05, 3.63) is 45.6 Å². The Labute approximate surface area is 118 Å². The number of nitrogens with one attached hydrogen (secondary N) is 1. The number of carbonyl (C=O) groups is 2. The summed E-state index contributed by atoms with van der Waals surface area (Å²) < 4.78 is 0.879. The summed E-state index contributed by atoms with van der Waals surface area (Å²) in [6, 6.07) is 7.09. The molecule has 1 aromatic carbocycles. The molecular weight excluding hydrogens is 345 g/mol. The van der Waals surface area contributed by atoms with Crippen LogP contribution in [0.15, 0.2) is 36.4 Å². The fraction of sp³-hybridized carbons (Fsp3) is 0.231. The van der Waals surface area contributed by atoms with Crippen LogP contribution in [0, 0.1) is 9.49 Å². The highest BCUT2D eigenvalue weighted by Crippen LogP contribution is 2.19. The van der Waals surface area contributed by atoms with Gasteiger partial charge in [-0.3, -0.25) is 9.59 Å². The van der Waals surface area contributed by atoms with E-state index in [0.717, 1.165) is 3.57 Å². The van der Waals surface area contributed by atoms with E-state index in [-0.39, 0.29) is 11.9 Å². The molecule has 1 aromatic rings. The van der Waals surface area contributed by atoms with Crippen LogP contribution in [0.25, 0.3) is 0 Å². The number of amides is 1. The minimum atomic E-state index is -0.850. The number of carbonyl (C=O) groups excluding carboxylic acids is 1. The first-order valence-corrected chi connectivity index (χ1v) is 6.62. The lowest BCUT2D eigenvalue weighted by molar-refractivity contribution is -0.140. The Hall–Kier alpha value is -1.37. The highest BCUT2D eigenvalue weighted by molar-refractivity contribution is 14.1. The molecule has 0 aliphatic heterocycles. The minimum absolute atomic E-state index is 0.166. The number of aliphatic carboxylic acids is 1. The highest BCUT2D eigenvalue weighted by Gasteiger charge is 2.25. The topological polar surface area (TPSA) is 66.4 Å². The maximum absolute atomic E-state index is 12.0. The summed E-state index contributed by atoms with van der Waals surface area (Å²) in [6.07, 6.45) is 3.79. The molecule has 2 rings (SSSR count).